The smallest absolute Gasteiger partial charge is 0.167 e. The fourth-order valence-electron chi connectivity index (χ4n) is 2.25. The zero-order valence-electron chi connectivity index (χ0n) is 8.68. The van der Waals surface area contributed by atoms with E-state index in [2.05, 4.69) is 0 Å². The van der Waals surface area contributed by atoms with E-state index in [1.807, 2.05) is 13.8 Å². The molecular formula is C11H20O2. The number of carbonyl (C=O) groups excluding carboxylic acids is 1. The van der Waals surface area contributed by atoms with Crippen LogP contribution in [0.5, 0.6) is 0 Å². The molecule has 0 bridgehead atoms. The van der Waals surface area contributed by atoms with Crippen molar-refractivity contribution >= 4 is 5.78 Å². The molecule has 1 saturated carbocycles. The highest BCUT2D eigenvalue weighted by atomic mass is 16.3. The predicted molar refractivity (Wildman–Crippen MR) is 52.5 cm³/mol. The largest absolute Gasteiger partial charge is 0.382 e. The van der Waals surface area contributed by atoms with Gasteiger partial charge in [0.15, 0.2) is 5.78 Å². The molecule has 0 aromatic heterocycles. The van der Waals surface area contributed by atoms with Gasteiger partial charge in [-0.1, -0.05) is 13.8 Å². The Hall–Kier alpha value is -0.370. The van der Waals surface area contributed by atoms with Gasteiger partial charge in [-0.2, -0.15) is 0 Å². The van der Waals surface area contributed by atoms with E-state index < -0.39 is 5.60 Å². The van der Waals surface area contributed by atoms with Crippen molar-refractivity contribution in [3.8, 4) is 0 Å². The Morgan fingerprint density at radius 1 is 1.31 bits per heavy atom. The van der Waals surface area contributed by atoms with Crippen LogP contribution in [0.1, 0.15) is 52.4 Å². The number of hydrogen-bond acceptors (Lipinski definition) is 2. The molecule has 0 atom stereocenters. The third-order valence-electron chi connectivity index (χ3n) is 3.25. The van der Waals surface area contributed by atoms with Crippen molar-refractivity contribution in [2.24, 2.45) is 5.92 Å². The molecule has 0 heterocycles. The minimum Gasteiger partial charge on any atom is -0.382 e. The molecule has 0 amide bonds. The summed E-state index contributed by atoms with van der Waals surface area (Å²) < 4.78 is 0. The molecule has 0 aromatic rings. The van der Waals surface area contributed by atoms with Gasteiger partial charge in [-0.3, -0.25) is 4.79 Å². The lowest BCUT2D eigenvalue weighted by molar-refractivity contribution is -0.141. The van der Waals surface area contributed by atoms with Crippen molar-refractivity contribution in [1.82, 2.24) is 0 Å². The van der Waals surface area contributed by atoms with E-state index in [1.54, 1.807) is 0 Å². The standard InChI is InChI=1S/C11H20O2/c1-3-9(4-2)10(12)11(13)7-5-6-8-11/h9,13H,3-8H2,1-2H3. The molecule has 2 nitrogen and oxygen atoms in total. The Labute approximate surface area is 80.3 Å². The fraction of sp³-hybridized carbons (Fsp3) is 0.909. The summed E-state index contributed by atoms with van der Waals surface area (Å²) in [5.74, 6) is 0.165. The minimum atomic E-state index is -0.962. The van der Waals surface area contributed by atoms with Gasteiger partial charge in [0.1, 0.15) is 5.60 Å². The molecule has 1 rings (SSSR count). The predicted octanol–water partition coefficient (Wildman–Crippen LogP) is 2.30. The van der Waals surface area contributed by atoms with Gasteiger partial charge in [-0.05, 0) is 38.5 Å². The molecule has 0 aromatic carbocycles. The van der Waals surface area contributed by atoms with Crippen molar-refractivity contribution in [3.05, 3.63) is 0 Å². The Morgan fingerprint density at radius 3 is 2.15 bits per heavy atom. The third kappa shape index (κ3) is 2.11. The van der Waals surface area contributed by atoms with Crippen molar-refractivity contribution in [2.75, 3.05) is 0 Å². The van der Waals surface area contributed by atoms with E-state index in [4.69, 9.17) is 0 Å². The van der Waals surface area contributed by atoms with Crippen LogP contribution < -0.4 is 0 Å². The molecule has 1 aliphatic carbocycles. The maximum atomic E-state index is 11.9. The lowest BCUT2D eigenvalue weighted by atomic mass is 9.84. The van der Waals surface area contributed by atoms with E-state index in [9.17, 15) is 9.90 Å². The molecule has 13 heavy (non-hydrogen) atoms. The monoisotopic (exact) mass is 184 g/mol. The number of rotatable bonds is 4. The first-order valence-corrected chi connectivity index (χ1v) is 5.40. The summed E-state index contributed by atoms with van der Waals surface area (Å²) in [4.78, 5) is 11.9. The summed E-state index contributed by atoms with van der Waals surface area (Å²) in [7, 11) is 0. The van der Waals surface area contributed by atoms with Gasteiger partial charge in [0.2, 0.25) is 0 Å². The number of hydrogen-bond donors (Lipinski definition) is 1. The van der Waals surface area contributed by atoms with Crippen LogP contribution in [0.2, 0.25) is 0 Å². The number of Topliss-reactive ketones (excluding diaryl/α,β-unsaturated/α-hetero) is 1. The highest BCUT2D eigenvalue weighted by molar-refractivity contribution is 5.89. The average Bonchev–Trinajstić information content (AvgIpc) is 2.55. The summed E-state index contributed by atoms with van der Waals surface area (Å²) in [6, 6.07) is 0. The second-order valence-corrected chi connectivity index (χ2v) is 4.12. The SMILES string of the molecule is CCC(CC)C(=O)C1(O)CCCC1. The van der Waals surface area contributed by atoms with Crippen molar-refractivity contribution in [1.29, 1.82) is 0 Å². The summed E-state index contributed by atoms with van der Waals surface area (Å²) in [5, 5.41) is 10.0. The Balaban J connectivity index is 2.64. The van der Waals surface area contributed by atoms with E-state index in [1.165, 1.54) is 0 Å². The third-order valence-corrected chi connectivity index (χ3v) is 3.25. The lowest BCUT2D eigenvalue weighted by Gasteiger charge is -2.25. The molecule has 0 unspecified atom stereocenters. The molecular weight excluding hydrogens is 164 g/mol. The minimum absolute atomic E-state index is 0.0723. The first-order valence-electron chi connectivity index (χ1n) is 5.40. The van der Waals surface area contributed by atoms with Crippen LogP contribution in [0, 0.1) is 5.92 Å². The molecule has 1 fully saturated rings. The number of ketones is 1. The summed E-state index contributed by atoms with van der Waals surface area (Å²) >= 11 is 0. The summed E-state index contributed by atoms with van der Waals surface area (Å²) in [5.41, 5.74) is -0.962. The van der Waals surface area contributed by atoms with Gasteiger partial charge in [0.05, 0.1) is 0 Å². The second-order valence-electron chi connectivity index (χ2n) is 4.12. The van der Waals surface area contributed by atoms with E-state index >= 15 is 0 Å². The van der Waals surface area contributed by atoms with Gasteiger partial charge in [0, 0.05) is 5.92 Å². The maximum absolute atomic E-state index is 11.9. The van der Waals surface area contributed by atoms with E-state index in [0.717, 1.165) is 25.7 Å². The topological polar surface area (TPSA) is 37.3 Å². The zero-order chi connectivity index (χ0) is 9.90. The van der Waals surface area contributed by atoms with Gasteiger partial charge < -0.3 is 5.11 Å². The van der Waals surface area contributed by atoms with Crippen LogP contribution in [0.4, 0.5) is 0 Å². The summed E-state index contributed by atoms with van der Waals surface area (Å²) in [6.07, 6.45) is 5.09. The number of aliphatic hydroxyl groups is 1. The summed E-state index contributed by atoms with van der Waals surface area (Å²) in [6.45, 7) is 4.04. The Bertz CT molecular complexity index is 177. The molecule has 2 heteroatoms. The van der Waals surface area contributed by atoms with E-state index in [0.29, 0.717) is 12.8 Å². The highest BCUT2D eigenvalue weighted by Gasteiger charge is 2.40. The van der Waals surface area contributed by atoms with Crippen LogP contribution in [0.3, 0.4) is 0 Å². The van der Waals surface area contributed by atoms with Crippen LogP contribution >= 0.6 is 0 Å². The normalized spacial score (nSPS) is 20.9. The van der Waals surface area contributed by atoms with Crippen molar-refractivity contribution in [3.63, 3.8) is 0 Å². The first-order chi connectivity index (χ1) is 6.14. The van der Waals surface area contributed by atoms with Crippen molar-refractivity contribution in [2.45, 2.75) is 58.0 Å². The maximum Gasteiger partial charge on any atom is 0.167 e. The number of carbonyl (C=O) groups is 1. The Morgan fingerprint density at radius 2 is 1.77 bits per heavy atom. The van der Waals surface area contributed by atoms with Gasteiger partial charge in [0.25, 0.3) is 0 Å². The molecule has 0 saturated heterocycles. The van der Waals surface area contributed by atoms with Crippen molar-refractivity contribution < 1.29 is 9.90 Å². The highest BCUT2D eigenvalue weighted by Crippen LogP contribution is 2.33. The zero-order valence-corrected chi connectivity index (χ0v) is 8.68. The fourth-order valence-corrected chi connectivity index (χ4v) is 2.25. The average molecular weight is 184 g/mol. The van der Waals surface area contributed by atoms with Crippen LogP contribution in [0.15, 0.2) is 0 Å². The van der Waals surface area contributed by atoms with E-state index in [-0.39, 0.29) is 11.7 Å². The van der Waals surface area contributed by atoms with Gasteiger partial charge in [-0.15, -0.1) is 0 Å². The lowest BCUT2D eigenvalue weighted by Crippen LogP contribution is -2.39. The molecule has 1 aliphatic rings. The second kappa shape index (κ2) is 4.23. The van der Waals surface area contributed by atoms with Crippen LogP contribution in [-0.4, -0.2) is 16.5 Å². The van der Waals surface area contributed by atoms with Crippen LogP contribution in [0.25, 0.3) is 0 Å². The molecule has 0 spiro atoms. The quantitative estimate of drug-likeness (QED) is 0.728. The van der Waals surface area contributed by atoms with Gasteiger partial charge >= 0.3 is 0 Å². The Kier molecular flexibility index (Phi) is 3.48. The van der Waals surface area contributed by atoms with Gasteiger partial charge in [-0.25, -0.2) is 0 Å². The first kappa shape index (κ1) is 10.7. The molecule has 76 valence electrons. The molecule has 1 N–H and O–H groups in total. The molecule has 0 radical (unpaired) electrons. The van der Waals surface area contributed by atoms with Crippen LogP contribution in [-0.2, 0) is 4.79 Å². The molecule has 0 aliphatic heterocycles.